The highest BCUT2D eigenvalue weighted by molar-refractivity contribution is 8.00. The molecule has 1 atom stereocenters. The minimum atomic E-state index is -0.342. The molecule has 1 aromatic rings. The highest BCUT2D eigenvalue weighted by atomic mass is 32.2. The van der Waals surface area contributed by atoms with Crippen LogP contribution in [0.15, 0.2) is 9.95 Å². The third kappa shape index (κ3) is 3.33. The summed E-state index contributed by atoms with van der Waals surface area (Å²) in [4.78, 5) is 29.9. The molecule has 0 spiro atoms. The van der Waals surface area contributed by atoms with Crippen molar-refractivity contribution < 1.29 is 9.53 Å². The molecule has 5 nitrogen and oxygen atoms in total. The zero-order valence-corrected chi connectivity index (χ0v) is 11.2. The molecule has 1 unspecified atom stereocenters. The fraction of sp³-hybridized carbons (Fsp3) is 0.545. The summed E-state index contributed by atoms with van der Waals surface area (Å²) in [5.41, 5.74) is 1.11. The van der Waals surface area contributed by atoms with Crippen molar-refractivity contribution in [3.05, 3.63) is 21.6 Å². The number of aromatic nitrogens is 2. The van der Waals surface area contributed by atoms with E-state index in [1.165, 1.54) is 18.9 Å². The first-order valence-corrected chi connectivity index (χ1v) is 6.19. The van der Waals surface area contributed by atoms with Gasteiger partial charge in [-0.1, -0.05) is 18.7 Å². The molecule has 0 aliphatic rings. The predicted molar refractivity (Wildman–Crippen MR) is 66.3 cm³/mol. The van der Waals surface area contributed by atoms with E-state index in [-0.39, 0.29) is 16.8 Å². The number of aromatic amines is 1. The zero-order chi connectivity index (χ0) is 13.0. The second kappa shape index (κ2) is 5.86. The van der Waals surface area contributed by atoms with Gasteiger partial charge < -0.3 is 9.72 Å². The quantitative estimate of drug-likeness (QED) is 0.501. The van der Waals surface area contributed by atoms with Gasteiger partial charge in [0.25, 0.3) is 5.56 Å². The minimum absolute atomic E-state index is 0.167. The second-order valence-corrected chi connectivity index (χ2v) is 4.81. The molecule has 17 heavy (non-hydrogen) atoms. The molecule has 1 heterocycles. The van der Waals surface area contributed by atoms with Crippen LogP contribution in [0.5, 0.6) is 0 Å². The number of thioether (sulfide) groups is 1. The van der Waals surface area contributed by atoms with Gasteiger partial charge in [-0.25, -0.2) is 4.98 Å². The van der Waals surface area contributed by atoms with Gasteiger partial charge in [0, 0.05) is 11.3 Å². The van der Waals surface area contributed by atoms with Crippen molar-refractivity contribution in [2.24, 2.45) is 0 Å². The van der Waals surface area contributed by atoms with Crippen LogP contribution in [0, 0.1) is 13.8 Å². The molecule has 0 bridgehead atoms. The Hall–Kier alpha value is -1.30. The van der Waals surface area contributed by atoms with E-state index in [0.717, 1.165) is 0 Å². The lowest BCUT2D eigenvalue weighted by Crippen LogP contribution is -2.20. The van der Waals surface area contributed by atoms with E-state index in [1.807, 2.05) is 6.92 Å². The maximum absolute atomic E-state index is 11.5. The summed E-state index contributed by atoms with van der Waals surface area (Å²) in [6, 6.07) is 0. The van der Waals surface area contributed by atoms with Crippen LogP contribution in [0.4, 0.5) is 0 Å². The number of esters is 1. The largest absolute Gasteiger partial charge is 0.468 e. The SMILES string of the molecule is CCC(Sc1nc(C)c(C)c(=O)[nH]1)C(=O)OC. The molecular weight excluding hydrogens is 240 g/mol. The number of H-pyrrole nitrogens is 1. The normalized spacial score (nSPS) is 12.2. The first-order chi connectivity index (χ1) is 7.99. The number of hydrogen-bond donors (Lipinski definition) is 1. The smallest absolute Gasteiger partial charge is 0.319 e. The van der Waals surface area contributed by atoms with Gasteiger partial charge in [0.05, 0.1) is 7.11 Å². The first-order valence-electron chi connectivity index (χ1n) is 5.31. The van der Waals surface area contributed by atoms with Crippen LogP contribution in [-0.2, 0) is 9.53 Å². The Morgan fingerprint density at radius 1 is 1.53 bits per heavy atom. The number of carbonyl (C=O) groups excluding carboxylic acids is 1. The molecule has 0 aliphatic carbocycles. The van der Waals surface area contributed by atoms with E-state index in [1.54, 1.807) is 13.8 Å². The van der Waals surface area contributed by atoms with Crippen LogP contribution in [-0.4, -0.2) is 28.3 Å². The predicted octanol–water partition coefficient (Wildman–Crippen LogP) is 1.43. The van der Waals surface area contributed by atoms with E-state index >= 15 is 0 Å². The summed E-state index contributed by atoms with van der Waals surface area (Å²) in [7, 11) is 1.35. The molecule has 0 saturated heterocycles. The van der Waals surface area contributed by atoms with Gasteiger partial charge >= 0.3 is 5.97 Å². The number of aryl methyl sites for hydroxylation is 1. The number of nitrogens with zero attached hydrogens (tertiary/aromatic N) is 1. The number of nitrogens with one attached hydrogen (secondary N) is 1. The minimum Gasteiger partial charge on any atom is -0.468 e. The van der Waals surface area contributed by atoms with E-state index in [0.29, 0.717) is 22.8 Å². The first kappa shape index (κ1) is 13.8. The topological polar surface area (TPSA) is 72.0 Å². The summed E-state index contributed by atoms with van der Waals surface area (Å²) in [6.07, 6.45) is 0.619. The third-order valence-electron chi connectivity index (χ3n) is 2.46. The van der Waals surface area contributed by atoms with Gasteiger partial charge in [0.1, 0.15) is 5.25 Å². The van der Waals surface area contributed by atoms with E-state index in [9.17, 15) is 9.59 Å². The number of methoxy groups -OCH3 is 1. The molecule has 0 fully saturated rings. The molecule has 0 radical (unpaired) electrons. The molecule has 94 valence electrons. The molecule has 1 N–H and O–H groups in total. The molecule has 0 aliphatic heterocycles. The number of ether oxygens (including phenoxy) is 1. The molecular formula is C11H16N2O3S. The highest BCUT2D eigenvalue weighted by Crippen LogP contribution is 2.22. The molecule has 1 rings (SSSR count). The van der Waals surface area contributed by atoms with Crippen molar-refractivity contribution in [3.63, 3.8) is 0 Å². The summed E-state index contributed by atoms with van der Waals surface area (Å²) in [6.45, 7) is 5.37. The van der Waals surface area contributed by atoms with E-state index < -0.39 is 0 Å². The Balaban J connectivity index is 2.95. The van der Waals surface area contributed by atoms with Crippen LogP contribution >= 0.6 is 11.8 Å². The molecule has 1 aromatic heterocycles. The van der Waals surface area contributed by atoms with Crippen LogP contribution in [0.2, 0.25) is 0 Å². The van der Waals surface area contributed by atoms with Crippen molar-refractivity contribution in [2.75, 3.05) is 7.11 Å². The summed E-state index contributed by atoms with van der Waals surface area (Å²) < 4.78 is 4.68. The van der Waals surface area contributed by atoms with Gasteiger partial charge in [-0.2, -0.15) is 0 Å². The summed E-state index contributed by atoms with van der Waals surface area (Å²) >= 11 is 1.22. The number of hydrogen-bond acceptors (Lipinski definition) is 5. The monoisotopic (exact) mass is 256 g/mol. The fourth-order valence-electron chi connectivity index (χ4n) is 1.24. The van der Waals surface area contributed by atoms with Gasteiger partial charge in [0.2, 0.25) is 0 Å². The molecule has 6 heteroatoms. The second-order valence-electron chi connectivity index (χ2n) is 3.62. The van der Waals surface area contributed by atoms with Gasteiger partial charge in [-0.15, -0.1) is 0 Å². The van der Waals surface area contributed by atoms with Gasteiger partial charge in [-0.3, -0.25) is 9.59 Å². The maximum atomic E-state index is 11.5. The van der Waals surface area contributed by atoms with Crippen molar-refractivity contribution in [1.29, 1.82) is 0 Å². The maximum Gasteiger partial charge on any atom is 0.319 e. The van der Waals surface area contributed by atoms with E-state index in [4.69, 9.17) is 0 Å². The number of carbonyl (C=O) groups is 1. The Morgan fingerprint density at radius 3 is 2.65 bits per heavy atom. The van der Waals surface area contributed by atoms with Crippen LogP contribution in [0.1, 0.15) is 24.6 Å². The lowest BCUT2D eigenvalue weighted by Gasteiger charge is -2.11. The average Bonchev–Trinajstić information content (AvgIpc) is 2.31. The van der Waals surface area contributed by atoms with Gasteiger partial charge in [-0.05, 0) is 20.3 Å². The summed E-state index contributed by atoms with van der Waals surface area (Å²) in [5, 5.41) is 0.112. The Kier molecular flexibility index (Phi) is 4.74. The fourth-order valence-corrected chi connectivity index (χ4v) is 2.21. The van der Waals surface area contributed by atoms with Crippen LogP contribution < -0.4 is 5.56 Å². The highest BCUT2D eigenvalue weighted by Gasteiger charge is 2.20. The van der Waals surface area contributed by atoms with Crippen LogP contribution in [0.25, 0.3) is 0 Å². The molecule has 0 aromatic carbocycles. The zero-order valence-electron chi connectivity index (χ0n) is 10.4. The average molecular weight is 256 g/mol. The van der Waals surface area contributed by atoms with Crippen LogP contribution in [0.3, 0.4) is 0 Å². The Morgan fingerprint density at radius 2 is 2.18 bits per heavy atom. The lowest BCUT2D eigenvalue weighted by atomic mass is 10.3. The molecule has 0 amide bonds. The lowest BCUT2D eigenvalue weighted by molar-refractivity contribution is -0.140. The van der Waals surface area contributed by atoms with E-state index in [2.05, 4.69) is 14.7 Å². The van der Waals surface area contributed by atoms with Crippen molar-refractivity contribution in [2.45, 2.75) is 37.6 Å². The number of rotatable bonds is 4. The molecule has 0 saturated carbocycles. The van der Waals surface area contributed by atoms with Crippen molar-refractivity contribution in [1.82, 2.24) is 9.97 Å². The van der Waals surface area contributed by atoms with Gasteiger partial charge in [0.15, 0.2) is 5.16 Å². The van der Waals surface area contributed by atoms with Crippen molar-refractivity contribution >= 4 is 17.7 Å². The summed E-state index contributed by atoms with van der Waals surface area (Å²) in [5.74, 6) is -0.307. The van der Waals surface area contributed by atoms with Crippen molar-refractivity contribution in [3.8, 4) is 0 Å². The standard InChI is InChI=1S/C11H16N2O3S/c1-5-8(10(15)16-4)17-11-12-7(3)6(2)9(14)13-11/h8H,5H2,1-4H3,(H,12,13,14). The Labute approximate surface area is 104 Å². The third-order valence-corrected chi connectivity index (χ3v) is 3.69. The Bertz CT molecular complexity index is 470.